The van der Waals surface area contributed by atoms with Crippen LogP contribution in [0.4, 0.5) is 50.4 Å². The molecule has 0 aliphatic rings. The molecule has 0 amide bonds. The van der Waals surface area contributed by atoms with Crippen molar-refractivity contribution in [2.75, 3.05) is 35.5 Å². The van der Waals surface area contributed by atoms with E-state index < -0.39 is 0 Å². The maximum absolute atomic E-state index is 14.3. The summed E-state index contributed by atoms with van der Waals surface area (Å²) in [5.41, 5.74) is 13.1. The summed E-state index contributed by atoms with van der Waals surface area (Å²) in [6.07, 6.45) is 7.72. The van der Waals surface area contributed by atoms with Gasteiger partial charge in [-0.3, -0.25) is 57.4 Å². The fraction of sp³-hybridized carbons (Fsp3) is 0.120. The standard InChI is InChI=1S/C30H25N5O2.C29H22ClN5O.C29H22FN5O.C29H24N6O2/c1-19(33-29-26(31-3)18-32-20(2)34-29)27-17-22-11-9-15-25(21-10-8-14-24(16-21)37-4)28(22)30(36)35(27)23-12-6-5-7-13-23;1-18(33-28-25(31-3)17-32-19(2)34-28)26-16-21-10-8-14-24(20-9-7-11-22(30)15-20)27(21)29(36)35(26)23-12-5-4-6-13-23;1-18(33-28-25(31-3)17-32-19(2)34-28)26-16-21-8-7-11-24(20-12-14-22(30)15-13-20)27(21)29(36)35(26)23-9-5-4-6-10-23;1-18(33-28-24(30-3)17-31-19(2)34-28)25-15-20-9-8-12-23(21-13-14-26(37-4)32-16-21)27(20)29(36)35(25)22-10-6-5-7-11-22/h5-19H,1-2,4H3,(H,32,33,34);2*4-18H,1-2H3,(H,32,33,34);5-18H,1-2,4H3,(H,31,33,34)/t19-;3*18-/m0000/s1. The van der Waals surface area contributed by atoms with Gasteiger partial charge in [0.1, 0.15) is 58.1 Å². The largest absolute Gasteiger partial charge is 0.497 e. The zero-order chi connectivity index (χ0) is 102. The highest BCUT2D eigenvalue weighted by atomic mass is 35.5. The van der Waals surface area contributed by atoms with E-state index in [9.17, 15) is 23.6 Å². The number of para-hydroxylation sites is 4. The number of benzene rings is 11. The van der Waals surface area contributed by atoms with Gasteiger partial charge in [-0.15, -0.1) is 0 Å². The molecule has 27 nitrogen and oxygen atoms in total. The van der Waals surface area contributed by atoms with Gasteiger partial charge in [0.05, 0.1) is 86.2 Å². The molecule has 29 heteroatoms. The van der Waals surface area contributed by atoms with Crippen LogP contribution >= 0.6 is 11.6 Å². The highest BCUT2D eigenvalue weighted by molar-refractivity contribution is 6.31. The van der Waals surface area contributed by atoms with Gasteiger partial charge >= 0.3 is 0 Å². The van der Waals surface area contributed by atoms with Crippen LogP contribution in [0.2, 0.25) is 5.02 Å². The lowest BCUT2D eigenvalue weighted by atomic mass is 9.97. The summed E-state index contributed by atoms with van der Waals surface area (Å²) in [6.45, 7) is 44.8. The van der Waals surface area contributed by atoms with Crippen LogP contribution in [-0.4, -0.2) is 77.3 Å². The van der Waals surface area contributed by atoms with E-state index in [4.69, 9.17) is 47.4 Å². The van der Waals surface area contributed by atoms with Crippen LogP contribution in [0.3, 0.4) is 0 Å². The molecular formula is C117H93ClFN21O6. The van der Waals surface area contributed by atoms with Crippen molar-refractivity contribution in [3.8, 4) is 78.9 Å². The SMILES string of the molecule is [C-]#[N+]c1cnc(C)nc1N[C@@H](C)c1cc2cccc(-c3ccc(F)cc3)c2c(=O)n1-c1ccccc1.[C-]#[N+]c1cnc(C)nc1N[C@@H](C)c1cc2cccc(-c3ccc(OC)nc3)c2c(=O)n1-c1ccccc1.[C-]#[N+]c1cnc(C)nc1N[C@@H](C)c1cc2cccc(-c3cccc(Cl)c3)c2c(=O)n1-c1ccccc1.[C-]#[N+]c1cnc(C)nc1N[C@@H](C)c1cc2cccc(-c3cccc(OC)c3)c2c(=O)n1-c1ccccc1. The number of rotatable bonds is 22. The van der Waals surface area contributed by atoms with Gasteiger partial charge in [0.25, 0.3) is 22.2 Å². The average molecular weight is 1940 g/mol. The highest BCUT2D eigenvalue weighted by Gasteiger charge is 2.28. The molecular weight excluding hydrogens is 1850 g/mol. The summed E-state index contributed by atoms with van der Waals surface area (Å²) >= 11 is 6.27. The number of nitrogens with one attached hydrogen (secondary N) is 4. The Balaban J connectivity index is 0.000000133. The Kier molecular flexibility index (Phi) is 29.7. The molecule has 0 saturated carbocycles. The molecule has 20 rings (SSSR count). The van der Waals surface area contributed by atoms with Gasteiger partial charge in [-0.2, -0.15) is 0 Å². The molecule has 20 aromatic rings. The van der Waals surface area contributed by atoms with Crippen molar-refractivity contribution >= 4 is 101 Å². The van der Waals surface area contributed by atoms with Gasteiger partial charge in [-0.05, 0) is 231 Å². The Bertz CT molecular complexity index is 8800. The second kappa shape index (κ2) is 44.0. The molecule has 716 valence electrons. The van der Waals surface area contributed by atoms with E-state index in [1.54, 1.807) is 84.6 Å². The Morgan fingerprint density at radius 1 is 0.308 bits per heavy atom. The van der Waals surface area contributed by atoms with E-state index in [1.165, 1.54) is 36.9 Å². The minimum Gasteiger partial charge on any atom is -0.497 e. The molecule has 0 unspecified atom stereocenters. The Morgan fingerprint density at radius 3 is 0.884 bits per heavy atom. The number of halogens is 2. The molecule has 11 aromatic carbocycles. The van der Waals surface area contributed by atoms with Gasteiger partial charge in [-0.25, -0.2) is 48.7 Å². The van der Waals surface area contributed by atoms with E-state index in [0.717, 1.165) is 106 Å². The maximum atomic E-state index is 14.3. The summed E-state index contributed by atoms with van der Waals surface area (Å²) in [7, 11) is 3.20. The quantitative estimate of drug-likeness (QED) is 0.0459. The number of anilines is 4. The molecule has 0 aliphatic carbocycles. The number of aryl methyl sites for hydroxylation is 4. The van der Waals surface area contributed by atoms with Crippen LogP contribution in [0.5, 0.6) is 11.6 Å². The predicted molar refractivity (Wildman–Crippen MR) is 576 cm³/mol. The minimum atomic E-state index is -0.369. The number of methoxy groups -OCH3 is 2. The van der Waals surface area contributed by atoms with Crippen molar-refractivity contribution in [3.63, 3.8) is 0 Å². The van der Waals surface area contributed by atoms with E-state index in [0.29, 0.717) is 113 Å². The van der Waals surface area contributed by atoms with Crippen LogP contribution in [-0.2, 0) is 0 Å². The van der Waals surface area contributed by atoms with Crippen molar-refractivity contribution in [3.05, 3.63) is 478 Å². The van der Waals surface area contributed by atoms with Gasteiger partial charge in [-0.1, -0.05) is 194 Å². The smallest absolute Gasteiger partial charge is 0.263 e. The van der Waals surface area contributed by atoms with E-state index in [2.05, 4.69) is 85.5 Å². The van der Waals surface area contributed by atoms with Crippen molar-refractivity contribution < 1.29 is 13.9 Å². The van der Waals surface area contributed by atoms with E-state index in [-0.39, 0.29) is 52.2 Å². The third-order valence-electron chi connectivity index (χ3n) is 24.5. The Hall–Kier alpha value is -19.3. The molecule has 0 aliphatic heterocycles. The van der Waals surface area contributed by atoms with Crippen molar-refractivity contribution in [2.45, 2.75) is 79.6 Å². The Labute approximate surface area is 844 Å². The monoisotopic (exact) mass is 1940 g/mol. The number of fused-ring (bicyclic) bond motifs is 4. The van der Waals surface area contributed by atoms with Gasteiger partial charge in [0.15, 0.2) is 0 Å². The lowest BCUT2D eigenvalue weighted by Crippen LogP contribution is -2.26. The molecule has 4 N–H and O–H groups in total. The second-order valence-corrected chi connectivity index (χ2v) is 34.6. The third kappa shape index (κ3) is 21.1. The third-order valence-corrected chi connectivity index (χ3v) is 24.8. The number of hydrogen-bond acceptors (Lipinski definition) is 19. The first-order valence-corrected chi connectivity index (χ1v) is 46.8. The van der Waals surface area contributed by atoms with Crippen LogP contribution in [0.25, 0.3) is 130 Å². The molecule has 0 bridgehead atoms. The summed E-state index contributed by atoms with van der Waals surface area (Å²) in [4.78, 5) is 109. The molecule has 0 radical (unpaired) electrons. The van der Waals surface area contributed by atoms with E-state index in [1.807, 2.05) is 301 Å². The number of pyridine rings is 5. The fourth-order valence-corrected chi connectivity index (χ4v) is 17.8. The lowest BCUT2D eigenvalue weighted by molar-refractivity contribution is 0.398. The first-order valence-electron chi connectivity index (χ1n) is 46.5. The average Bonchev–Trinajstić information content (AvgIpc) is 0.760. The van der Waals surface area contributed by atoms with Gasteiger partial charge in [0.2, 0.25) is 28.6 Å². The number of nitrogens with zero attached hydrogens (tertiary/aromatic N) is 17. The number of hydrogen-bond donors (Lipinski definition) is 4. The van der Waals surface area contributed by atoms with Gasteiger partial charge < -0.3 is 30.7 Å². The summed E-state index contributed by atoms with van der Waals surface area (Å²) in [5.74, 6) is 4.83. The number of ether oxygens (including phenoxy) is 2. The normalized spacial score (nSPS) is 11.7. The van der Waals surface area contributed by atoms with Crippen LogP contribution in [0.1, 0.15) is 97.9 Å². The summed E-state index contributed by atoms with van der Waals surface area (Å²) < 4.78 is 31.0. The zero-order valence-corrected chi connectivity index (χ0v) is 81.6. The molecule has 4 atom stereocenters. The molecule has 0 spiro atoms. The molecule has 9 heterocycles. The molecule has 0 saturated heterocycles. The molecule has 0 fully saturated rings. The molecule has 9 aromatic heterocycles. The fourth-order valence-electron chi connectivity index (χ4n) is 17.6. The minimum absolute atomic E-state index is 0.130. The van der Waals surface area contributed by atoms with E-state index >= 15 is 0 Å². The topological polar surface area (TPSA) is 288 Å². The van der Waals surface area contributed by atoms with Crippen LogP contribution in [0.15, 0.2) is 353 Å². The molecule has 146 heavy (non-hydrogen) atoms. The zero-order valence-electron chi connectivity index (χ0n) is 80.9. The Morgan fingerprint density at radius 2 is 0.596 bits per heavy atom. The van der Waals surface area contributed by atoms with Crippen molar-refractivity contribution in [2.24, 2.45) is 0 Å². The summed E-state index contributed by atoms with van der Waals surface area (Å²) in [5, 5.41) is 19.5. The maximum Gasteiger partial charge on any atom is 0.263 e. The first kappa shape index (κ1) is 98.3. The van der Waals surface area contributed by atoms with Gasteiger partial charge in [0, 0.05) is 93.2 Å². The van der Waals surface area contributed by atoms with Crippen LogP contribution < -0.4 is 53.0 Å². The van der Waals surface area contributed by atoms with Crippen molar-refractivity contribution in [1.29, 1.82) is 0 Å². The second-order valence-electron chi connectivity index (χ2n) is 34.1. The predicted octanol–water partition coefficient (Wildman–Crippen LogP) is 26.1. The lowest BCUT2D eigenvalue weighted by Gasteiger charge is -2.22. The highest BCUT2D eigenvalue weighted by Crippen LogP contribution is 2.40. The number of aromatic nitrogens is 13. The summed E-state index contributed by atoms with van der Waals surface area (Å²) in [6, 6.07) is 92.8. The first-order chi connectivity index (χ1) is 70.9. The van der Waals surface area contributed by atoms with Crippen LogP contribution in [0, 0.1) is 59.8 Å². The van der Waals surface area contributed by atoms with Crippen molar-refractivity contribution in [1.82, 2.24) is 63.1 Å².